The summed E-state index contributed by atoms with van der Waals surface area (Å²) in [6.07, 6.45) is -0.439. The molecule has 0 spiro atoms. The summed E-state index contributed by atoms with van der Waals surface area (Å²) < 4.78 is 5.33. The Morgan fingerprint density at radius 2 is 1.86 bits per heavy atom. The lowest BCUT2D eigenvalue weighted by atomic mass is 10.1. The van der Waals surface area contributed by atoms with Gasteiger partial charge < -0.3 is 25.6 Å². The smallest absolute Gasteiger partial charge is 0.408 e. The maximum atomic E-state index is 12.0. The van der Waals surface area contributed by atoms with E-state index in [1.807, 2.05) is 78.7 Å². The fraction of sp³-hybridized carbons (Fsp3) is 0.650. The number of carbonyl (C=O) groups excluding carboxylic acids is 1. The molecule has 8 nitrogen and oxygen atoms in total. The number of nitrogens with zero attached hydrogens (tertiary/aromatic N) is 3. The van der Waals surface area contributed by atoms with Gasteiger partial charge in [0.15, 0.2) is 5.96 Å². The predicted octanol–water partition coefficient (Wildman–Crippen LogP) is 2.51. The molecular formula is C20H36N6O2. The van der Waals surface area contributed by atoms with Crippen LogP contribution in [0.4, 0.5) is 10.6 Å². The van der Waals surface area contributed by atoms with Gasteiger partial charge in [0, 0.05) is 27.2 Å². The van der Waals surface area contributed by atoms with Crippen LogP contribution in [0.5, 0.6) is 0 Å². The summed E-state index contributed by atoms with van der Waals surface area (Å²) in [4.78, 5) is 23.2. The number of aliphatic imine (C=N–C) groups is 1. The van der Waals surface area contributed by atoms with E-state index in [0.717, 1.165) is 18.1 Å². The van der Waals surface area contributed by atoms with Crippen LogP contribution in [0.3, 0.4) is 0 Å². The highest BCUT2D eigenvalue weighted by Gasteiger charge is 2.24. The second-order valence-electron chi connectivity index (χ2n) is 8.44. The molecule has 0 aliphatic carbocycles. The van der Waals surface area contributed by atoms with Gasteiger partial charge in [-0.2, -0.15) is 0 Å². The predicted molar refractivity (Wildman–Crippen MR) is 115 cm³/mol. The van der Waals surface area contributed by atoms with Gasteiger partial charge in [0.25, 0.3) is 0 Å². The lowest BCUT2D eigenvalue weighted by molar-refractivity contribution is 0.0474. The van der Waals surface area contributed by atoms with Crippen LogP contribution in [-0.2, 0) is 11.3 Å². The van der Waals surface area contributed by atoms with Crippen LogP contribution in [0.2, 0.25) is 0 Å². The number of hydrogen-bond donors (Lipinski definition) is 3. The molecule has 1 rings (SSSR count). The van der Waals surface area contributed by atoms with Crippen molar-refractivity contribution in [3.63, 3.8) is 0 Å². The number of guanidine groups is 1. The Morgan fingerprint density at radius 3 is 2.43 bits per heavy atom. The number of nitrogens with one attached hydrogen (secondary N) is 3. The summed E-state index contributed by atoms with van der Waals surface area (Å²) in [6.45, 7) is 13.1. The summed E-state index contributed by atoms with van der Waals surface area (Å²) in [5.74, 6) is 1.56. The quantitative estimate of drug-likeness (QED) is 0.488. The number of aromatic nitrogens is 1. The molecule has 1 amide bonds. The normalized spacial score (nSPS) is 12.4. The van der Waals surface area contributed by atoms with Gasteiger partial charge in [0.2, 0.25) is 0 Å². The SMILES string of the molecule is CCNC(=NCc1cccc(N(C)C)n1)NCC(C)(C)NC(=O)OC(C)(C)C. The van der Waals surface area contributed by atoms with E-state index in [1.165, 1.54) is 0 Å². The molecule has 0 fully saturated rings. The van der Waals surface area contributed by atoms with Gasteiger partial charge in [-0.05, 0) is 53.7 Å². The van der Waals surface area contributed by atoms with Crippen molar-refractivity contribution in [3.8, 4) is 0 Å². The van der Waals surface area contributed by atoms with Gasteiger partial charge in [0.05, 0.1) is 17.8 Å². The number of anilines is 1. The molecule has 0 radical (unpaired) electrons. The fourth-order valence-electron chi connectivity index (χ4n) is 2.23. The first-order valence-corrected chi connectivity index (χ1v) is 9.58. The van der Waals surface area contributed by atoms with Crippen molar-refractivity contribution in [1.29, 1.82) is 0 Å². The van der Waals surface area contributed by atoms with Crippen LogP contribution in [0.25, 0.3) is 0 Å². The molecule has 1 heterocycles. The molecule has 0 saturated heterocycles. The number of pyridine rings is 1. The Morgan fingerprint density at radius 1 is 1.18 bits per heavy atom. The number of hydrogen-bond acceptors (Lipinski definition) is 5. The molecule has 0 saturated carbocycles. The fourth-order valence-corrected chi connectivity index (χ4v) is 2.23. The molecule has 0 aromatic carbocycles. The molecule has 0 aliphatic rings. The maximum Gasteiger partial charge on any atom is 0.408 e. The number of ether oxygens (including phenoxy) is 1. The Kier molecular flexibility index (Phi) is 8.53. The van der Waals surface area contributed by atoms with Gasteiger partial charge in [0.1, 0.15) is 11.4 Å². The largest absolute Gasteiger partial charge is 0.444 e. The third kappa shape index (κ3) is 9.43. The van der Waals surface area contributed by atoms with E-state index < -0.39 is 17.2 Å². The minimum absolute atomic E-state index is 0.439. The highest BCUT2D eigenvalue weighted by atomic mass is 16.6. The zero-order valence-electron chi connectivity index (χ0n) is 18.5. The van der Waals surface area contributed by atoms with Crippen molar-refractivity contribution in [1.82, 2.24) is 20.9 Å². The minimum atomic E-state index is -0.530. The number of alkyl carbamates (subject to hydrolysis) is 1. The van der Waals surface area contributed by atoms with Crippen molar-refractivity contribution < 1.29 is 9.53 Å². The zero-order valence-corrected chi connectivity index (χ0v) is 18.5. The summed E-state index contributed by atoms with van der Waals surface area (Å²) in [6, 6.07) is 5.89. The Labute approximate surface area is 169 Å². The highest BCUT2D eigenvalue weighted by Crippen LogP contribution is 2.10. The molecule has 0 atom stereocenters. The van der Waals surface area contributed by atoms with Crippen LogP contribution < -0.4 is 20.9 Å². The summed E-state index contributed by atoms with van der Waals surface area (Å²) in [7, 11) is 3.92. The van der Waals surface area contributed by atoms with E-state index in [0.29, 0.717) is 19.0 Å². The van der Waals surface area contributed by atoms with Crippen molar-refractivity contribution in [2.24, 2.45) is 4.99 Å². The van der Waals surface area contributed by atoms with Gasteiger partial charge in [-0.25, -0.2) is 14.8 Å². The van der Waals surface area contributed by atoms with Gasteiger partial charge in [-0.3, -0.25) is 0 Å². The number of amides is 1. The van der Waals surface area contributed by atoms with E-state index >= 15 is 0 Å². The van der Waals surface area contributed by atoms with E-state index in [-0.39, 0.29) is 0 Å². The van der Waals surface area contributed by atoms with Gasteiger partial charge in [-0.15, -0.1) is 0 Å². The highest BCUT2D eigenvalue weighted by molar-refractivity contribution is 5.80. The van der Waals surface area contributed by atoms with E-state index in [9.17, 15) is 4.79 Å². The average molecular weight is 393 g/mol. The van der Waals surface area contributed by atoms with Gasteiger partial charge in [-0.1, -0.05) is 6.07 Å². The van der Waals surface area contributed by atoms with Crippen LogP contribution in [0.1, 0.15) is 47.2 Å². The van der Waals surface area contributed by atoms with Crippen LogP contribution in [0.15, 0.2) is 23.2 Å². The lowest BCUT2D eigenvalue weighted by Crippen LogP contribution is -2.54. The van der Waals surface area contributed by atoms with Crippen molar-refractivity contribution in [2.45, 2.75) is 59.2 Å². The summed E-state index contributed by atoms with van der Waals surface area (Å²) >= 11 is 0. The summed E-state index contributed by atoms with van der Waals surface area (Å²) in [5.41, 5.74) is -0.158. The molecule has 3 N–H and O–H groups in total. The second kappa shape index (κ2) is 10.1. The monoisotopic (exact) mass is 392 g/mol. The lowest BCUT2D eigenvalue weighted by Gasteiger charge is -2.29. The molecule has 1 aromatic rings. The van der Waals surface area contributed by atoms with E-state index in [4.69, 9.17) is 4.74 Å². The van der Waals surface area contributed by atoms with E-state index in [2.05, 4.69) is 25.9 Å². The van der Waals surface area contributed by atoms with Crippen molar-refractivity contribution >= 4 is 17.9 Å². The Bertz CT molecular complexity index is 665. The molecule has 158 valence electrons. The van der Waals surface area contributed by atoms with Crippen LogP contribution in [-0.4, -0.2) is 55.4 Å². The first-order chi connectivity index (χ1) is 12.9. The zero-order chi connectivity index (χ0) is 21.4. The molecule has 0 unspecified atom stereocenters. The first-order valence-electron chi connectivity index (χ1n) is 9.58. The molecule has 0 aliphatic heterocycles. The standard InChI is InChI=1S/C20H36N6O2/c1-9-21-17(22-13-15-11-10-12-16(24-15)26(7)8)23-14-20(5,6)25-18(27)28-19(2,3)4/h10-12H,9,13-14H2,1-8H3,(H,25,27)(H2,21,22,23). The Hall–Kier alpha value is -2.51. The molecule has 28 heavy (non-hydrogen) atoms. The summed E-state index contributed by atoms with van der Waals surface area (Å²) in [5, 5.41) is 9.36. The molecule has 8 heteroatoms. The van der Waals surface area contributed by atoms with Gasteiger partial charge >= 0.3 is 6.09 Å². The third-order valence-corrected chi connectivity index (χ3v) is 3.53. The van der Waals surface area contributed by atoms with Crippen LogP contribution >= 0.6 is 0 Å². The molecule has 1 aromatic heterocycles. The number of carbonyl (C=O) groups is 1. The molecular weight excluding hydrogens is 356 g/mol. The third-order valence-electron chi connectivity index (χ3n) is 3.53. The van der Waals surface area contributed by atoms with Crippen molar-refractivity contribution in [3.05, 3.63) is 23.9 Å². The second-order valence-corrected chi connectivity index (χ2v) is 8.44. The Balaban J connectivity index is 2.69. The van der Waals surface area contributed by atoms with Crippen molar-refractivity contribution in [2.75, 3.05) is 32.1 Å². The molecule has 0 bridgehead atoms. The number of rotatable bonds is 7. The minimum Gasteiger partial charge on any atom is -0.444 e. The van der Waals surface area contributed by atoms with Crippen LogP contribution in [0, 0.1) is 0 Å². The first kappa shape index (κ1) is 23.5. The van der Waals surface area contributed by atoms with E-state index in [1.54, 1.807) is 0 Å². The topological polar surface area (TPSA) is 90.9 Å². The average Bonchev–Trinajstić information content (AvgIpc) is 2.55. The maximum absolute atomic E-state index is 12.0.